The minimum atomic E-state index is 0.504. The summed E-state index contributed by atoms with van der Waals surface area (Å²) in [7, 11) is 0. The molecule has 0 aliphatic rings. The lowest BCUT2D eigenvalue weighted by molar-refractivity contribution is 0.955. The van der Waals surface area contributed by atoms with Gasteiger partial charge in [0.1, 0.15) is 11.1 Å². The van der Waals surface area contributed by atoms with E-state index in [-0.39, 0.29) is 0 Å². The number of halogens is 1. The van der Waals surface area contributed by atoms with Gasteiger partial charge in [-0.15, -0.1) is 0 Å². The number of nitrogens with zero attached hydrogens (tertiary/aromatic N) is 4. The molecule has 3 aromatic rings. The highest BCUT2D eigenvalue weighted by Crippen LogP contribution is 2.27. The summed E-state index contributed by atoms with van der Waals surface area (Å²) < 4.78 is 2.64. The van der Waals surface area contributed by atoms with Gasteiger partial charge in [-0.25, -0.2) is 4.98 Å². The first-order chi connectivity index (χ1) is 8.69. The molecular formula is C12H7BrN4S. The zero-order valence-electron chi connectivity index (χ0n) is 9.38. The Kier molecular flexibility index (Phi) is 2.65. The van der Waals surface area contributed by atoms with Crippen LogP contribution in [0, 0.1) is 18.3 Å². The maximum Gasteiger partial charge on any atom is 0.213 e. The highest BCUT2D eigenvalue weighted by molar-refractivity contribution is 9.10. The molecule has 0 saturated carbocycles. The van der Waals surface area contributed by atoms with Crippen LogP contribution in [0.5, 0.6) is 0 Å². The monoisotopic (exact) mass is 318 g/mol. The second-order valence-electron chi connectivity index (χ2n) is 3.77. The quantitative estimate of drug-likeness (QED) is 0.691. The van der Waals surface area contributed by atoms with Crippen LogP contribution in [0.1, 0.15) is 11.4 Å². The number of hydrogen-bond donors (Lipinski definition) is 0. The number of nitriles is 1. The van der Waals surface area contributed by atoms with Gasteiger partial charge in [0.15, 0.2) is 5.69 Å². The molecule has 4 nitrogen and oxygen atoms in total. The summed E-state index contributed by atoms with van der Waals surface area (Å²) >= 11 is 4.88. The highest BCUT2D eigenvalue weighted by Gasteiger charge is 2.14. The maximum absolute atomic E-state index is 9.07. The number of rotatable bonds is 1. The molecule has 0 aliphatic heterocycles. The third-order valence-corrected chi connectivity index (χ3v) is 4.06. The molecule has 0 saturated heterocycles. The minimum absolute atomic E-state index is 0.504. The van der Waals surface area contributed by atoms with Crippen molar-refractivity contribution < 1.29 is 0 Å². The molecule has 0 amide bonds. The van der Waals surface area contributed by atoms with Gasteiger partial charge in [0, 0.05) is 10.0 Å². The molecule has 0 spiro atoms. The summed E-state index contributed by atoms with van der Waals surface area (Å²) in [6.07, 6.45) is 0. The molecule has 2 heterocycles. The molecule has 18 heavy (non-hydrogen) atoms. The number of aromatic nitrogens is 3. The summed E-state index contributed by atoms with van der Waals surface area (Å²) in [6, 6.07) is 10.0. The van der Waals surface area contributed by atoms with E-state index in [1.54, 1.807) is 4.52 Å². The summed E-state index contributed by atoms with van der Waals surface area (Å²) in [6.45, 7) is 1.82. The number of benzene rings is 1. The average Bonchev–Trinajstić information content (AvgIpc) is 2.86. The molecule has 0 N–H and O–H groups in total. The van der Waals surface area contributed by atoms with Crippen molar-refractivity contribution in [2.45, 2.75) is 6.92 Å². The van der Waals surface area contributed by atoms with E-state index in [1.807, 2.05) is 31.2 Å². The molecule has 0 bridgehead atoms. The fraction of sp³-hybridized carbons (Fsp3) is 0.0833. The van der Waals surface area contributed by atoms with Crippen LogP contribution in [0.25, 0.3) is 15.5 Å². The van der Waals surface area contributed by atoms with Gasteiger partial charge in [-0.3, -0.25) is 0 Å². The van der Waals surface area contributed by atoms with Gasteiger partial charge in [0.2, 0.25) is 4.96 Å². The van der Waals surface area contributed by atoms with Crippen LogP contribution in [0.15, 0.2) is 28.7 Å². The van der Waals surface area contributed by atoms with Gasteiger partial charge >= 0.3 is 0 Å². The Morgan fingerprint density at radius 1 is 1.33 bits per heavy atom. The van der Waals surface area contributed by atoms with Gasteiger partial charge in [-0.05, 0) is 19.1 Å². The summed E-state index contributed by atoms with van der Waals surface area (Å²) in [5.74, 6) is 0. The first-order valence-electron chi connectivity index (χ1n) is 5.21. The number of aryl methyl sites for hydroxylation is 1. The molecule has 0 aliphatic carbocycles. The number of imidazole rings is 1. The van der Waals surface area contributed by atoms with Crippen molar-refractivity contribution in [2.24, 2.45) is 0 Å². The van der Waals surface area contributed by atoms with Crippen LogP contribution < -0.4 is 0 Å². The molecule has 0 unspecified atom stereocenters. The first kappa shape index (κ1) is 11.4. The van der Waals surface area contributed by atoms with Crippen molar-refractivity contribution in [1.82, 2.24) is 14.6 Å². The van der Waals surface area contributed by atoms with Crippen molar-refractivity contribution in [3.05, 3.63) is 40.1 Å². The highest BCUT2D eigenvalue weighted by atomic mass is 79.9. The minimum Gasteiger partial charge on any atom is -0.221 e. The normalized spacial score (nSPS) is 10.7. The van der Waals surface area contributed by atoms with Crippen LogP contribution in [-0.4, -0.2) is 14.6 Å². The fourth-order valence-corrected chi connectivity index (χ4v) is 2.90. The Bertz CT molecular complexity index is 764. The molecule has 0 radical (unpaired) electrons. The smallest absolute Gasteiger partial charge is 0.213 e. The molecule has 3 rings (SSSR count). The fourth-order valence-electron chi connectivity index (χ4n) is 1.69. The van der Waals surface area contributed by atoms with E-state index in [0.717, 1.165) is 25.7 Å². The van der Waals surface area contributed by atoms with E-state index in [9.17, 15) is 0 Å². The van der Waals surface area contributed by atoms with E-state index in [1.165, 1.54) is 11.3 Å². The van der Waals surface area contributed by atoms with Gasteiger partial charge in [-0.2, -0.15) is 14.9 Å². The molecule has 1 aromatic carbocycles. The van der Waals surface area contributed by atoms with E-state index < -0.39 is 0 Å². The Hall–Kier alpha value is -1.71. The van der Waals surface area contributed by atoms with E-state index in [0.29, 0.717) is 5.69 Å². The molecule has 0 fully saturated rings. The zero-order valence-corrected chi connectivity index (χ0v) is 11.8. The van der Waals surface area contributed by atoms with E-state index in [4.69, 9.17) is 5.26 Å². The van der Waals surface area contributed by atoms with Crippen molar-refractivity contribution in [2.75, 3.05) is 0 Å². The van der Waals surface area contributed by atoms with Crippen molar-refractivity contribution >= 4 is 32.2 Å². The predicted molar refractivity (Wildman–Crippen MR) is 73.5 cm³/mol. The van der Waals surface area contributed by atoms with Crippen LogP contribution in [0.4, 0.5) is 0 Å². The average molecular weight is 319 g/mol. The summed E-state index contributed by atoms with van der Waals surface area (Å²) in [4.78, 5) is 5.09. The topological polar surface area (TPSA) is 54.0 Å². The zero-order chi connectivity index (χ0) is 12.7. The Morgan fingerprint density at radius 2 is 2.06 bits per heavy atom. The largest absolute Gasteiger partial charge is 0.221 e. The lowest BCUT2D eigenvalue weighted by atomic mass is 10.2. The predicted octanol–water partition coefficient (Wildman–Crippen LogP) is 3.40. The number of fused-ring (bicyclic) bond motifs is 1. The Morgan fingerprint density at radius 3 is 2.72 bits per heavy atom. The van der Waals surface area contributed by atoms with Gasteiger partial charge in [0.25, 0.3) is 0 Å². The summed E-state index contributed by atoms with van der Waals surface area (Å²) in [5.41, 5.74) is 2.25. The molecule has 88 valence electrons. The van der Waals surface area contributed by atoms with Crippen LogP contribution >= 0.6 is 27.3 Å². The first-order valence-corrected chi connectivity index (χ1v) is 6.82. The van der Waals surface area contributed by atoms with E-state index >= 15 is 0 Å². The van der Waals surface area contributed by atoms with Gasteiger partial charge in [-0.1, -0.05) is 39.4 Å². The van der Waals surface area contributed by atoms with Crippen LogP contribution in [-0.2, 0) is 0 Å². The third kappa shape index (κ3) is 1.72. The molecule has 6 heteroatoms. The van der Waals surface area contributed by atoms with Gasteiger partial charge in [0.05, 0.1) is 5.69 Å². The van der Waals surface area contributed by atoms with Crippen molar-refractivity contribution in [3.63, 3.8) is 0 Å². The molecule has 2 aromatic heterocycles. The summed E-state index contributed by atoms with van der Waals surface area (Å²) in [5, 5.41) is 14.4. The third-order valence-electron chi connectivity index (χ3n) is 2.57. The maximum atomic E-state index is 9.07. The van der Waals surface area contributed by atoms with E-state index in [2.05, 4.69) is 32.1 Å². The number of hydrogen-bond acceptors (Lipinski definition) is 4. The SMILES string of the molecule is Cc1nc2sc(-c3ccc(Br)cc3)nn2c1C#N. The Balaban J connectivity index is 2.17. The second-order valence-corrected chi connectivity index (χ2v) is 5.64. The standard InChI is InChI=1S/C12H7BrN4S/c1-7-10(6-14)17-12(15-7)18-11(16-17)8-2-4-9(13)5-3-8/h2-5H,1H3. The lowest BCUT2D eigenvalue weighted by Crippen LogP contribution is -1.90. The molecule has 0 atom stereocenters. The second kappa shape index (κ2) is 4.19. The van der Waals surface area contributed by atoms with Crippen LogP contribution in [0.3, 0.4) is 0 Å². The van der Waals surface area contributed by atoms with Gasteiger partial charge < -0.3 is 0 Å². The Labute approximate surface area is 116 Å². The molecular weight excluding hydrogens is 312 g/mol. The van der Waals surface area contributed by atoms with Crippen LogP contribution in [0.2, 0.25) is 0 Å². The lowest BCUT2D eigenvalue weighted by Gasteiger charge is -1.95. The van der Waals surface area contributed by atoms with Crippen molar-refractivity contribution in [3.8, 4) is 16.6 Å². The van der Waals surface area contributed by atoms with Crippen molar-refractivity contribution in [1.29, 1.82) is 5.26 Å².